The standard InChI is InChI=1S/C16H15F3N6/c17-16(18,19)15-23-22-13-9-24(5-6-25(13)15)14-11(8-20)7-10-3-1-2-4-12(10)21-14/h7H,1-6,9H2. The van der Waals surface area contributed by atoms with Gasteiger partial charge in [-0.05, 0) is 37.3 Å². The molecule has 0 N–H and O–H groups in total. The normalized spacial score (nSPS) is 17.0. The third-order valence-corrected chi connectivity index (χ3v) is 4.71. The molecule has 9 heteroatoms. The maximum Gasteiger partial charge on any atom is 0.451 e. The fourth-order valence-electron chi connectivity index (χ4n) is 3.49. The Morgan fingerprint density at radius 1 is 1.12 bits per heavy atom. The molecule has 25 heavy (non-hydrogen) atoms. The molecule has 3 heterocycles. The van der Waals surface area contributed by atoms with Crippen LogP contribution in [-0.4, -0.2) is 26.3 Å². The van der Waals surface area contributed by atoms with Gasteiger partial charge in [0.1, 0.15) is 11.9 Å². The van der Waals surface area contributed by atoms with Crippen LogP contribution in [0.4, 0.5) is 19.0 Å². The highest BCUT2D eigenvalue weighted by molar-refractivity contribution is 5.56. The summed E-state index contributed by atoms with van der Waals surface area (Å²) in [5.41, 5.74) is 2.55. The molecule has 4 rings (SSSR count). The molecule has 0 fully saturated rings. The van der Waals surface area contributed by atoms with Crippen LogP contribution in [-0.2, 0) is 32.1 Å². The Bertz CT molecular complexity index is 864. The predicted molar refractivity (Wildman–Crippen MR) is 81.7 cm³/mol. The van der Waals surface area contributed by atoms with E-state index in [1.54, 1.807) is 0 Å². The summed E-state index contributed by atoms with van der Waals surface area (Å²) in [6.07, 6.45) is -0.577. The predicted octanol–water partition coefficient (Wildman–Crippen LogP) is 2.46. The largest absolute Gasteiger partial charge is 0.451 e. The van der Waals surface area contributed by atoms with E-state index in [4.69, 9.17) is 0 Å². The van der Waals surface area contributed by atoms with Gasteiger partial charge in [0.25, 0.3) is 0 Å². The number of rotatable bonds is 1. The number of anilines is 1. The highest BCUT2D eigenvalue weighted by atomic mass is 19.4. The maximum atomic E-state index is 12.9. The van der Waals surface area contributed by atoms with Gasteiger partial charge in [-0.25, -0.2) is 4.98 Å². The van der Waals surface area contributed by atoms with Crippen LogP contribution in [0.5, 0.6) is 0 Å². The van der Waals surface area contributed by atoms with Crippen molar-refractivity contribution in [1.82, 2.24) is 19.7 Å². The van der Waals surface area contributed by atoms with Crippen molar-refractivity contribution in [3.63, 3.8) is 0 Å². The number of fused-ring (bicyclic) bond motifs is 2. The molecule has 6 nitrogen and oxygen atoms in total. The summed E-state index contributed by atoms with van der Waals surface area (Å²) in [4.78, 5) is 6.48. The number of halogens is 3. The van der Waals surface area contributed by atoms with Gasteiger partial charge in [0.05, 0.1) is 12.1 Å². The molecule has 1 aliphatic heterocycles. The van der Waals surface area contributed by atoms with Crippen LogP contribution in [0.15, 0.2) is 6.07 Å². The zero-order valence-corrected chi connectivity index (χ0v) is 13.3. The van der Waals surface area contributed by atoms with Crippen molar-refractivity contribution >= 4 is 5.82 Å². The molecule has 0 amide bonds. The molecule has 0 atom stereocenters. The number of hydrogen-bond acceptors (Lipinski definition) is 5. The number of aryl methyl sites for hydroxylation is 2. The third-order valence-electron chi connectivity index (χ3n) is 4.71. The van der Waals surface area contributed by atoms with Crippen LogP contribution in [0.2, 0.25) is 0 Å². The van der Waals surface area contributed by atoms with Gasteiger partial charge in [0, 0.05) is 18.8 Å². The summed E-state index contributed by atoms with van der Waals surface area (Å²) in [6, 6.07) is 4.04. The lowest BCUT2D eigenvalue weighted by atomic mass is 9.95. The minimum absolute atomic E-state index is 0.112. The fraction of sp³-hybridized carbons (Fsp3) is 0.500. The minimum atomic E-state index is -4.52. The zero-order chi connectivity index (χ0) is 17.6. The van der Waals surface area contributed by atoms with Crippen molar-refractivity contribution < 1.29 is 13.2 Å². The lowest BCUT2D eigenvalue weighted by Crippen LogP contribution is -2.36. The Labute approximate surface area is 141 Å². The molecular formula is C16H15F3N6. The van der Waals surface area contributed by atoms with E-state index in [2.05, 4.69) is 21.3 Å². The first-order valence-corrected chi connectivity index (χ1v) is 8.14. The summed E-state index contributed by atoms with van der Waals surface area (Å²) in [6.45, 7) is 0.596. The number of nitriles is 1. The summed E-state index contributed by atoms with van der Waals surface area (Å²) < 4.78 is 39.9. The van der Waals surface area contributed by atoms with Crippen molar-refractivity contribution in [3.05, 3.63) is 34.5 Å². The Balaban J connectivity index is 1.68. The van der Waals surface area contributed by atoms with E-state index in [0.717, 1.165) is 41.5 Å². The topological polar surface area (TPSA) is 70.6 Å². The molecule has 2 aliphatic rings. The average molecular weight is 348 g/mol. The van der Waals surface area contributed by atoms with E-state index in [0.29, 0.717) is 17.9 Å². The molecule has 0 radical (unpaired) electrons. The van der Waals surface area contributed by atoms with Crippen molar-refractivity contribution in [2.24, 2.45) is 0 Å². The molecule has 0 saturated carbocycles. The lowest BCUT2D eigenvalue weighted by Gasteiger charge is -2.30. The van der Waals surface area contributed by atoms with Gasteiger partial charge in [-0.15, -0.1) is 10.2 Å². The fourth-order valence-corrected chi connectivity index (χ4v) is 3.49. The van der Waals surface area contributed by atoms with Gasteiger partial charge < -0.3 is 9.47 Å². The number of hydrogen-bond donors (Lipinski definition) is 0. The smallest absolute Gasteiger partial charge is 0.346 e. The highest BCUT2D eigenvalue weighted by Gasteiger charge is 2.39. The van der Waals surface area contributed by atoms with Crippen LogP contribution in [0.1, 0.15) is 41.3 Å². The molecule has 2 aromatic rings. The number of aromatic nitrogens is 4. The Kier molecular flexibility index (Phi) is 3.63. The summed E-state index contributed by atoms with van der Waals surface area (Å²) in [5.74, 6) is -0.200. The van der Waals surface area contributed by atoms with Crippen molar-refractivity contribution in [2.75, 3.05) is 11.4 Å². The van der Waals surface area contributed by atoms with Crippen molar-refractivity contribution in [1.29, 1.82) is 5.26 Å². The summed E-state index contributed by atoms with van der Waals surface area (Å²) in [7, 11) is 0. The molecule has 2 aromatic heterocycles. The monoisotopic (exact) mass is 348 g/mol. The van der Waals surface area contributed by atoms with Crippen LogP contribution in [0.3, 0.4) is 0 Å². The molecule has 130 valence electrons. The van der Waals surface area contributed by atoms with E-state index in [1.807, 2.05) is 11.0 Å². The van der Waals surface area contributed by atoms with Gasteiger partial charge in [-0.1, -0.05) is 0 Å². The van der Waals surface area contributed by atoms with Gasteiger partial charge in [0.2, 0.25) is 5.82 Å². The zero-order valence-electron chi connectivity index (χ0n) is 13.3. The summed E-state index contributed by atoms with van der Waals surface area (Å²) in [5, 5.41) is 16.4. The molecule has 0 aromatic carbocycles. The summed E-state index contributed by atoms with van der Waals surface area (Å²) >= 11 is 0. The van der Waals surface area contributed by atoms with Crippen LogP contribution in [0.25, 0.3) is 0 Å². The third kappa shape index (κ3) is 2.71. The van der Waals surface area contributed by atoms with E-state index in [1.165, 1.54) is 0 Å². The maximum absolute atomic E-state index is 12.9. The first kappa shape index (κ1) is 15.9. The van der Waals surface area contributed by atoms with Crippen molar-refractivity contribution in [2.45, 2.75) is 44.9 Å². The number of alkyl halides is 3. The first-order valence-electron chi connectivity index (χ1n) is 8.14. The van der Waals surface area contributed by atoms with E-state index in [-0.39, 0.29) is 18.9 Å². The molecule has 1 aliphatic carbocycles. The molecular weight excluding hydrogens is 333 g/mol. The second-order valence-electron chi connectivity index (χ2n) is 6.30. The van der Waals surface area contributed by atoms with E-state index >= 15 is 0 Å². The molecule has 0 unspecified atom stereocenters. The van der Waals surface area contributed by atoms with Gasteiger partial charge in [-0.2, -0.15) is 18.4 Å². The Hall–Kier alpha value is -2.63. The molecule has 0 spiro atoms. The van der Waals surface area contributed by atoms with Gasteiger partial charge >= 0.3 is 6.18 Å². The lowest BCUT2D eigenvalue weighted by molar-refractivity contribution is -0.147. The quantitative estimate of drug-likeness (QED) is 0.792. The second kappa shape index (κ2) is 5.72. The SMILES string of the molecule is N#Cc1cc2c(nc1N1CCn3c(nnc3C(F)(F)F)C1)CCCC2. The highest BCUT2D eigenvalue weighted by Crippen LogP contribution is 2.32. The first-order chi connectivity index (χ1) is 12.0. The van der Waals surface area contributed by atoms with E-state index in [9.17, 15) is 18.4 Å². The minimum Gasteiger partial charge on any atom is -0.346 e. The second-order valence-corrected chi connectivity index (χ2v) is 6.30. The Morgan fingerprint density at radius 2 is 1.92 bits per heavy atom. The van der Waals surface area contributed by atoms with Gasteiger partial charge in [0.15, 0.2) is 5.82 Å². The average Bonchev–Trinajstić information content (AvgIpc) is 3.04. The van der Waals surface area contributed by atoms with Gasteiger partial charge in [-0.3, -0.25) is 0 Å². The number of pyridine rings is 1. The molecule has 0 saturated heterocycles. The van der Waals surface area contributed by atoms with Crippen LogP contribution < -0.4 is 4.90 Å². The van der Waals surface area contributed by atoms with Crippen LogP contribution >= 0.6 is 0 Å². The Morgan fingerprint density at radius 3 is 2.68 bits per heavy atom. The number of nitrogens with zero attached hydrogens (tertiary/aromatic N) is 6. The molecule has 0 bridgehead atoms. The van der Waals surface area contributed by atoms with Crippen LogP contribution in [0, 0.1) is 11.3 Å². The van der Waals surface area contributed by atoms with Crippen molar-refractivity contribution in [3.8, 4) is 6.07 Å². The van der Waals surface area contributed by atoms with E-state index < -0.39 is 12.0 Å².